The van der Waals surface area contributed by atoms with E-state index in [9.17, 15) is 0 Å². The van der Waals surface area contributed by atoms with Crippen molar-refractivity contribution in [2.24, 2.45) is 0 Å². The minimum Gasteiger partial charge on any atom is -0.439 e. The van der Waals surface area contributed by atoms with E-state index >= 15 is 0 Å². The first-order valence-electron chi connectivity index (χ1n) is 6.30. The molecule has 0 aliphatic rings. The van der Waals surface area contributed by atoms with Gasteiger partial charge in [-0.2, -0.15) is 0 Å². The highest BCUT2D eigenvalue weighted by molar-refractivity contribution is 6.17. The largest absolute Gasteiger partial charge is 0.439 e. The molecule has 0 saturated carbocycles. The molecule has 1 aromatic carbocycles. The summed E-state index contributed by atoms with van der Waals surface area (Å²) in [5, 5.41) is 1.09. The standard InChI is InChI=1S/C16H13ClN2O/c1-11-7-12(9-17)10-19-16(11)20-14-5-4-13-3-2-6-18-15(13)8-14/h2-8,10H,9H2,1H3. The first-order valence-corrected chi connectivity index (χ1v) is 6.84. The van der Waals surface area contributed by atoms with E-state index in [1.165, 1.54) is 0 Å². The molecule has 0 spiro atoms. The number of hydrogen-bond acceptors (Lipinski definition) is 3. The molecule has 0 atom stereocenters. The number of aryl methyl sites for hydroxylation is 1. The lowest BCUT2D eigenvalue weighted by Gasteiger charge is -2.09. The van der Waals surface area contributed by atoms with Crippen LogP contribution < -0.4 is 4.74 Å². The molecule has 2 aromatic heterocycles. The van der Waals surface area contributed by atoms with Crippen LogP contribution in [-0.2, 0) is 5.88 Å². The van der Waals surface area contributed by atoms with E-state index in [4.69, 9.17) is 16.3 Å². The van der Waals surface area contributed by atoms with Crippen LogP contribution in [0.5, 0.6) is 11.6 Å². The third-order valence-electron chi connectivity index (χ3n) is 3.03. The maximum atomic E-state index is 5.82. The number of pyridine rings is 2. The van der Waals surface area contributed by atoms with Gasteiger partial charge in [-0.25, -0.2) is 4.98 Å². The molecule has 4 heteroatoms. The fraction of sp³-hybridized carbons (Fsp3) is 0.125. The van der Waals surface area contributed by atoms with Crippen LogP contribution >= 0.6 is 11.6 Å². The van der Waals surface area contributed by atoms with E-state index in [1.807, 2.05) is 43.3 Å². The van der Waals surface area contributed by atoms with Gasteiger partial charge in [0.25, 0.3) is 0 Å². The van der Waals surface area contributed by atoms with Crippen molar-refractivity contribution in [2.45, 2.75) is 12.8 Å². The third-order valence-corrected chi connectivity index (χ3v) is 3.34. The van der Waals surface area contributed by atoms with Gasteiger partial charge >= 0.3 is 0 Å². The van der Waals surface area contributed by atoms with Crippen molar-refractivity contribution in [3.8, 4) is 11.6 Å². The number of fused-ring (bicyclic) bond motifs is 1. The quantitative estimate of drug-likeness (QED) is 0.666. The van der Waals surface area contributed by atoms with Crippen molar-refractivity contribution in [3.05, 3.63) is 59.9 Å². The summed E-state index contributed by atoms with van der Waals surface area (Å²) in [6, 6.07) is 11.7. The van der Waals surface area contributed by atoms with Gasteiger partial charge in [0.05, 0.1) is 5.52 Å². The fourth-order valence-electron chi connectivity index (χ4n) is 2.02. The molecular weight excluding hydrogens is 272 g/mol. The Labute approximate surface area is 122 Å². The van der Waals surface area contributed by atoms with Crippen LogP contribution in [0.2, 0.25) is 0 Å². The van der Waals surface area contributed by atoms with Gasteiger partial charge in [0.1, 0.15) is 5.75 Å². The Kier molecular flexibility index (Phi) is 3.52. The van der Waals surface area contributed by atoms with Crippen LogP contribution in [-0.4, -0.2) is 9.97 Å². The molecule has 0 N–H and O–H groups in total. The molecule has 0 aliphatic heterocycles. The van der Waals surface area contributed by atoms with Crippen molar-refractivity contribution >= 4 is 22.5 Å². The summed E-state index contributed by atoms with van der Waals surface area (Å²) in [6.07, 6.45) is 3.50. The predicted octanol–water partition coefficient (Wildman–Crippen LogP) is 4.47. The second kappa shape index (κ2) is 5.47. The van der Waals surface area contributed by atoms with Gasteiger partial charge in [-0.3, -0.25) is 4.98 Å². The molecular formula is C16H13ClN2O. The Morgan fingerprint density at radius 1 is 1.15 bits per heavy atom. The topological polar surface area (TPSA) is 35.0 Å². The van der Waals surface area contributed by atoms with Gasteiger partial charge in [0.2, 0.25) is 5.88 Å². The van der Waals surface area contributed by atoms with Gasteiger partial charge in [-0.1, -0.05) is 6.07 Å². The zero-order chi connectivity index (χ0) is 13.9. The van der Waals surface area contributed by atoms with Crippen molar-refractivity contribution < 1.29 is 4.74 Å². The molecule has 3 nitrogen and oxygen atoms in total. The molecule has 3 aromatic rings. The highest BCUT2D eigenvalue weighted by atomic mass is 35.5. The molecule has 100 valence electrons. The van der Waals surface area contributed by atoms with E-state index in [0.29, 0.717) is 11.8 Å². The summed E-state index contributed by atoms with van der Waals surface area (Å²) in [6.45, 7) is 1.96. The zero-order valence-electron chi connectivity index (χ0n) is 11.0. The average Bonchev–Trinajstić information content (AvgIpc) is 2.49. The number of hydrogen-bond donors (Lipinski definition) is 0. The molecule has 0 fully saturated rings. The van der Waals surface area contributed by atoms with Gasteiger partial charge < -0.3 is 4.74 Å². The van der Waals surface area contributed by atoms with Crippen molar-refractivity contribution in [1.29, 1.82) is 0 Å². The second-order valence-corrected chi connectivity index (χ2v) is 4.83. The second-order valence-electron chi connectivity index (χ2n) is 4.56. The van der Waals surface area contributed by atoms with Gasteiger partial charge in [-0.15, -0.1) is 11.6 Å². The fourth-order valence-corrected chi connectivity index (χ4v) is 2.17. The lowest BCUT2D eigenvalue weighted by Crippen LogP contribution is -1.93. The molecule has 0 unspecified atom stereocenters. The van der Waals surface area contributed by atoms with Crippen molar-refractivity contribution in [3.63, 3.8) is 0 Å². The molecule has 3 rings (SSSR count). The number of alkyl halides is 1. The monoisotopic (exact) mass is 284 g/mol. The molecule has 0 bridgehead atoms. The van der Waals surface area contributed by atoms with Crippen molar-refractivity contribution in [2.75, 3.05) is 0 Å². The van der Waals surface area contributed by atoms with E-state index in [2.05, 4.69) is 9.97 Å². The molecule has 0 saturated heterocycles. The summed E-state index contributed by atoms with van der Waals surface area (Å²) in [5.41, 5.74) is 2.85. The van der Waals surface area contributed by atoms with E-state index in [0.717, 1.165) is 27.8 Å². The first-order chi connectivity index (χ1) is 9.76. The number of nitrogens with zero attached hydrogens (tertiary/aromatic N) is 2. The highest BCUT2D eigenvalue weighted by Crippen LogP contribution is 2.26. The Morgan fingerprint density at radius 3 is 2.85 bits per heavy atom. The summed E-state index contributed by atoms with van der Waals surface area (Å²) in [4.78, 5) is 8.61. The van der Waals surface area contributed by atoms with Gasteiger partial charge in [0.15, 0.2) is 0 Å². The maximum Gasteiger partial charge on any atom is 0.222 e. The zero-order valence-corrected chi connectivity index (χ0v) is 11.8. The molecule has 20 heavy (non-hydrogen) atoms. The first kappa shape index (κ1) is 12.9. The average molecular weight is 285 g/mol. The van der Waals surface area contributed by atoms with Crippen LogP contribution in [0.4, 0.5) is 0 Å². The van der Waals surface area contributed by atoms with Crippen LogP contribution in [0, 0.1) is 6.92 Å². The van der Waals surface area contributed by atoms with Crippen LogP contribution in [0.3, 0.4) is 0 Å². The number of halogens is 1. The van der Waals surface area contributed by atoms with Crippen LogP contribution in [0.1, 0.15) is 11.1 Å². The SMILES string of the molecule is Cc1cc(CCl)cnc1Oc1ccc2cccnc2c1. The van der Waals surface area contributed by atoms with Gasteiger partial charge in [0, 0.05) is 35.3 Å². The third kappa shape index (κ3) is 2.58. The van der Waals surface area contributed by atoms with Crippen LogP contribution in [0.25, 0.3) is 10.9 Å². The Morgan fingerprint density at radius 2 is 2.05 bits per heavy atom. The minimum absolute atomic E-state index is 0.452. The van der Waals surface area contributed by atoms with E-state index in [-0.39, 0.29) is 0 Å². The Hall–Kier alpha value is -2.13. The number of ether oxygens (including phenoxy) is 1. The summed E-state index contributed by atoms with van der Waals surface area (Å²) < 4.78 is 5.82. The van der Waals surface area contributed by atoms with Gasteiger partial charge in [-0.05, 0) is 36.8 Å². The highest BCUT2D eigenvalue weighted by Gasteiger charge is 2.05. The van der Waals surface area contributed by atoms with Crippen LogP contribution in [0.15, 0.2) is 48.8 Å². The normalized spacial score (nSPS) is 10.7. The summed E-state index contributed by atoms with van der Waals surface area (Å²) in [7, 11) is 0. The van der Waals surface area contributed by atoms with E-state index in [1.54, 1.807) is 12.4 Å². The van der Waals surface area contributed by atoms with Crippen molar-refractivity contribution in [1.82, 2.24) is 9.97 Å². The minimum atomic E-state index is 0.452. The Balaban J connectivity index is 1.92. The van der Waals surface area contributed by atoms with E-state index < -0.39 is 0 Å². The number of rotatable bonds is 3. The Bertz CT molecular complexity index is 758. The predicted molar refractivity (Wildman–Crippen MR) is 80.3 cm³/mol. The lowest BCUT2D eigenvalue weighted by molar-refractivity contribution is 0.459. The summed E-state index contributed by atoms with van der Waals surface area (Å²) >= 11 is 5.79. The number of benzene rings is 1. The maximum absolute atomic E-state index is 5.82. The molecule has 0 amide bonds. The summed E-state index contributed by atoms with van der Waals surface area (Å²) in [5.74, 6) is 1.77. The lowest BCUT2D eigenvalue weighted by atomic mass is 10.2. The molecule has 0 aliphatic carbocycles. The molecule has 0 radical (unpaired) electrons. The number of aromatic nitrogens is 2. The smallest absolute Gasteiger partial charge is 0.222 e. The molecule has 2 heterocycles.